The zero-order chi connectivity index (χ0) is 25.8. The summed E-state index contributed by atoms with van der Waals surface area (Å²) < 4.78 is 5.17. The lowest BCUT2D eigenvalue weighted by Crippen LogP contribution is -2.30. The molecule has 0 saturated heterocycles. The Bertz CT molecular complexity index is 869. The minimum absolute atomic E-state index is 0.0345. The van der Waals surface area contributed by atoms with Crippen molar-refractivity contribution in [2.45, 2.75) is 91.1 Å². The fourth-order valence-electron chi connectivity index (χ4n) is 4.38. The van der Waals surface area contributed by atoms with E-state index in [1.165, 1.54) is 51.4 Å². The van der Waals surface area contributed by atoms with E-state index in [2.05, 4.69) is 24.4 Å². The van der Waals surface area contributed by atoms with Gasteiger partial charge in [-0.05, 0) is 36.6 Å². The normalized spacial score (nSPS) is 11.0. The Labute approximate surface area is 218 Å². The van der Waals surface area contributed by atoms with Crippen molar-refractivity contribution >= 4 is 11.9 Å². The predicted octanol–water partition coefficient (Wildman–Crippen LogP) is 6.90. The van der Waals surface area contributed by atoms with Gasteiger partial charge in [-0.25, -0.2) is 0 Å². The number of amides is 1. The van der Waals surface area contributed by atoms with Crippen LogP contribution in [0.25, 0.3) is 0 Å². The summed E-state index contributed by atoms with van der Waals surface area (Å²) in [6.45, 7) is 6.55. The van der Waals surface area contributed by atoms with Crippen LogP contribution in [-0.2, 0) is 22.6 Å². The van der Waals surface area contributed by atoms with Crippen molar-refractivity contribution in [3.8, 4) is 0 Å². The van der Waals surface area contributed by atoms with Gasteiger partial charge in [-0.2, -0.15) is 0 Å². The minimum Gasteiger partial charge on any atom is -0.465 e. The smallest absolute Gasteiger partial charge is 0.320 e. The van der Waals surface area contributed by atoms with Gasteiger partial charge < -0.3 is 10.1 Å². The number of hydrogen-bond acceptors (Lipinski definition) is 4. The Morgan fingerprint density at radius 3 is 2.03 bits per heavy atom. The van der Waals surface area contributed by atoms with Crippen molar-refractivity contribution in [3.63, 3.8) is 0 Å². The maximum Gasteiger partial charge on any atom is 0.320 e. The summed E-state index contributed by atoms with van der Waals surface area (Å²) in [7, 11) is 0. The predicted molar refractivity (Wildman–Crippen MR) is 148 cm³/mol. The van der Waals surface area contributed by atoms with E-state index in [1.54, 1.807) is 0 Å². The minimum atomic E-state index is -0.237. The van der Waals surface area contributed by atoms with Crippen molar-refractivity contribution in [1.82, 2.24) is 10.2 Å². The molecule has 0 spiro atoms. The number of unbranched alkanes of at least 4 members (excludes halogenated alkanes) is 9. The van der Waals surface area contributed by atoms with Crippen LogP contribution in [0.4, 0.5) is 0 Å². The van der Waals surface area contributed by atoms with Gasteiger partial charge in [0, 0.05) is 25.2 Å². The second kappa shape index (κ2) is 18.6. The number of nitrogens with one attached hydrogen (secondary N) is 1. The van der Waals surface area contributed by atoms with E-state index in [4.69, 9.17) is 4.74 Å². The van der Waals surface area contributed by atoms with Crippen molar-refractivity contribution < 1.29 is 14.3 Å². The first-order valence-electron chi connectivity index (χ1n) is 13.9. The molecule has 2 rings (SSSR count). The van der Waals surface area contributed by atoms with Gasteiger partial charge >= 0.3 is 5.97 Å². The van der Waals surface area contributed by atoms with Crippen molar-refractivity contribution in [1.29, 1.82) is 0 Å². The lowest BCUT2D eigenvalue weighted by Gasteiger charge is -2.22. The average Bonchev–Trinajstić information content (AvgIpc) is 2.88. The Morgan fingerprint density at radius 1 is 0.750 bits per heavy atom. The third kappa shape index (κ3) is 12.9. The molecule has 5 nitrogen and oxygen atoms in total. The first-order chi connectivity index (χ1) is 17.6. The first-order valence-corrected chi connectivity index (χ1v) is 13.9. The van der Waals surface area contributed by atoms with Gasteiger partial charge in [-0.15, -0.1) is 0 Å². The Hall–Kier alpha value is -2.66. The molecule has 0 aliphatic rings. The second-order valence-electron chi connectivity index (χ2n) is 9.57. The van der Waals surface area contributed by atoms with Gasteiger partial charge in [0.2, 0.25) is 0 Å². The highest BCUT2D eigenvalue weighted by Crippen LogP contribution is 2.13. The molecular formula is C31H46N2O3. The fraction of sp³-hybridized carbons (Fsp3) is 0.548. The zero-order valence-corrected chi connectivity index (χ0v) is 22.5. The van der Waals surface area contributed by atoms with Gasteiger partial charge in [-0.3, -0.25) is 14.5 Å². The topological polar surface area (TPSA) is 58.6 Å². The molecule has 0 heterocycles. The number of hydrogen-bond donors (Lipinski definition) is 1. The lowest BCUT2D eigenvalue weighted by atomic mass is 10.1. The second-order valence-corrected chi connectivity index (χ2v) is 9.57. The van der Waals surface area contributed by atoms with Crippen LogP contribution < -0.4 is 5.32 Å². The third-order valence-electron chi connectivity index (χ3n) is 6.32. The maximum atomic E-state index is 12.7. The summed E-state index contributed by atoms with van der Waals surface area (Å²) in [5.74, 6) is -0.272. The SMILES string of the molecule is CCCCCCCCCCCCNC(=O)c1cccc(CN(CC(=O)OCC)Cc2ccccc2)c1. The molecule has 0 aliphatic carbocycles. The van der Waals surface area contributed by atoms with Crippen LogP contribution in [0.15, 0.2) is 54.6 Å². The average molecular weight is 495 g/mol. The number of carbonyl (C=O) groups excluding carboxylic acids is 2. The molecule has 198 valence electrons. The van der Waals surface area contributed by atoms with E-state index in [9.17, 15) is 9.59 Å². The molecule has 0 aromatic heterocycles. The molecule has 0 aliphatic heterocycles. The number of carbonyl (C=O) groups is 2. The molecule has 36 heavy (non-hydrogen) atoms. The van der Waals surface area contributed by atoms with Crippen LogP contribution in [0.2, 0.25) is 0 Å². The standard InChI is InChI=1S/C31H46N2O3/c1-3-5-6-7-8-9-10-11-12-16-22-32-31(35)29-21-17-20-28(23-29)25-33(26-30(34)36-4-2)24-27-18-14-13-15-19-27/h13-15,17-21,23H,3-12,16,22,24-26H2,1-2H3,(H,32,35). The highest BCUT2D eigenvalue weighted by atomic mass is 16.5. The van der Waals surface area contributed by atoms with Gasteiger partial charge in [0.15, 0.2) is 0 Å². The van der Waals surface area contributed by atoms with Crippen LogP contribution in [0.3, 0.4) is 0 Å². The van der Waals surface area contributed by atoms with Gasteiger partial charge in [-0.1, -0.05) is 107 Å². The Kier molecular flexibility index (Phi) is 15.3. The maximum absolute atomic E-state index is 12.7. The van der Waals surface area contributed by atoms with Crippen molar-refractivity contribution in [2.24, 2.45) is 0 Å². The molecule has 2 aromatic rings. The highest BCUT2D eigenvalue weighted by Gasteiger charge is 2.14. The number of nitrogens with zero attached hydrogens (tertiary/aromatic N) is 1. The van der Waals surface area contributed by atoms with Gasteiger partial charge in [0.1, 0.15) is 0 Å². The van der Waals surface area contributed by atoms with Crippen molar-refractivity contribution in [2.75, 3.05) is 19.7 Å². The molecule has 0 fully saturated rings. The summed E-state index contributed by atoms with van der Waals surface area (Å²) >= 11 is 0. The Balaban J connectivity index is 1.77. The van der Waals surface area contributed by atoms with Crippen LogP contribution in [-0.4, -0.2) is 36.5 Å². The molecule has 0 saturated carbocycles. The van der Waals surface area contributed by atoms with E-state index in [1.807, 2.05) is 54.3 Å². The van der Waals surface area contributed by atoms with E-state index < -0.39 is 0 Å². The molecule has 1 N–H and O–H groups in total. The first kappa shape index (κ1) is 29.6. The van der Waals surface area contributed by atoms with Crippen LogP contribution >= 0.6 is 0 Å². The number of benzene rings is 2. The molecule has 1 amide bonds. The summed E-state index contributed by atoms with van der Waals surface area (Å²) in [6.07, 6.45) is 12.8. The quantitative estimate of drug-likeness (QED) is 0.170. The molecule has 0 bridgehead atoms. The largest absolute Gasteiger partial charge is 0.465 e. The Morgan fingerprint density at radius 2 is 1.36 bits per heavy atom. The fourth-order valence-corrected chi connectivity index (χ4v) is 4.38. The molecule has 2 aromatic carbocycles. The number of rotatable bonds is 19. The molecule has 0 atom stereocenters. The summed E-state index contributed by atoms with van der Waals surface area (Å²) in [5.41, 5.74) is 2.80. The highest BCUT2D eigenvalue weighted by molar-refractivity contribution is 5.94. The number of ether oxygens (including phenoxy) is 1. The third-order valence-corrected chi connectivity index (χ3v) is 6.32. The van der Waals surface area contributed by atoms with Crippen molar-refractivity contribution in [3.05, 3.63) is 71.3 Å². The summed E-state index contributed by atoms with van der Waals surface area (Å²) in [6, 6.07) is 17.8. The summed E-state index contributed by atoms with van der Waals surface area (Å²) in [5, 5.41) is 3.07. The van der Waals surface area contributed by atoms with E-state index >= 15 is 0 Å². The van der Waals surface area contributed by atoms with Crippen LogP contribution in [0, 0.1) is 0 Å². The zero-order valence-electron chi connectivity index (χ0n) is 22.5. The number of esters is 1. The van der Waals surface area contributed by atoms with Gasteiger partial charge in [0.05, 0.1) is 13.2 Å². The molecule has 0 unspecified atom stereocenters. The van der Waals surface area contributed by atoms with E-state index in [0.29, 0.717) is 31.8 Å². The molecule has 5 heteroatoms. The van der Waals surface area contributed by atoms with Crippen LogP contribution in [0.1, 0.15) is 99.5 Å². The molecule has 0 radical (unpaired) electrons. The van der Waals surface area contributed by atoms with E-state index in [0.717, 1.165) is 24.0 Å². The van der Waals surface area contributed by atoms with Gasteiger partial charge in [0.25, 0.3) is 5.91 Å². The molecular weight excluding hydrogens is 448 g/mol. The van der Waals surface area contributed by atoms with Crippen LogP contribution in [0.5, 0.6) is 0 Å². The summed E-state index contributed by atoms with van der Waals surface area (Å²) in [4.78, 5) is 26.9. The van der Waals surface area contributed by atoms with E-state index in [-0.39, 0.29) is 18.4 Å². The lowest BCUT2D eigenvalue weighted by molar-refractivity contribution is -0.144. The monoisotopic (exact) mass is 494 g/mol.